The number of fused-ring (bicyclic) bond motifs is 1. The van der Waals surface area contributed by atoms with Crippen LogP contribution in [0.2, 0.25) is 0 Å². The molecule has 1 aromatic rings. The van der Waals surface area contributed by atoms with Gasteiger partial charge in [-0.05, 0) is 51.8 Å². The van der Waals surface area contributed by atoms with E-state index in [4.69, 9.17) is 4.74 Å². The first-order valence-corrected chi connectivity index (χ1v) is 9.18. The van der Waals surface area contributed by atoms with Crippen LogP contribution in [0.5, 0.6) is 0 Å². The van der Waals surface area contributed by atoms with Gasteiger partial charge in [-0.1, -0.05) is 13.3 Å². The number of unbranched alkanes of at least 4 members (excludes halogenated alkanes) is 1. The smallest absolute Gasteiger partial charge is 0.341 e. The molecule has 1 aliphatic rings. The van der Waals surface area contributed by atoms with Crippen molar-refractivity contribution in [2.24, 2.45) is 0 Å². The van der Waals surface area contributed by atoms with Crippen molar-refractivity contribution in [2.45, 2.75) is 46.0 Å². The second kappa shape index (κ2) is 8.45. The quantitative estimate of drug-likeness (QED) is 0.740. The largest absolute Gasteiger partial charge is 0.462 e. The van der Waals surface area contributed by atoms with Crippen molar-refractivity contribution in [3.63, 3.8) is 0 Å². The molecule has 1 aliphatic carbocycles. The Kier molecular flexibility index (Phi) is 6.59. The van der Waals surface area contributed by atoms with Crippen molar-refractivity contribution < 1.29 is 14.3 Å². The van der Waals surface area contributed by atoms with Gasteiger partial charge in [0.1, 0.15) is 5.00 Å². The minimum atomic E-state index is -0.318. The molecule has 1 aromatic heterocycles. The van der Waals surface area contributed by atoms with E-state index in [1.54, 1.807) is 6.92 Å². The van der Waals surface area contributed by atoms with Crippen LogP contribution in [0.3, 0.4) is 0 Å². The van der Waals surface area contributed by atoms with Crippen molar-refractivity contribution in [1.29, 1.82) is 0 Å². The first kappa shape index (κ1) is 17.9. The topological polar surface area (TPSA) is 58.6 Å². The Bertz CT molecular complexity index is 568. The molecular weight excluding hydrogens is 312 g/mol. The molecule has 0 radical (unpaired) electrons. The first-order valence-electron chi connectivity index (χ1n) is 8.36. The summed E-state index contributed by atoms with van der Waals surface area (Å²) in [6, 6.07) is 0. The van der Waals surface area contributed by atoms with E-state index in [2.05, 4.69) is 12.2 Å². The lowest BCUT2D eigenvalue weighted by Crippen LogP contribution is -2.31. The Hall–Kier alpha value is -1.40. The molecule has 0 aliphatic heterocycles. The number of aryl methyl sites for hydroxylation is 1. The Morgan fingerprint density at radius 2 is 2.09 bits per heavy atom. The Morgan fingerprint density at radius 3 is 2.78 bits per heavy atom. The van der Waals surface area contributed by atoms with E-state index in [1.807, 2.05) is 11.9 Å². The second-order valence-electron chi connectivity index (χ2n) is 5.92. The van der Waals surface area contributed by atoms with Crippen LogP contribution >= 0.6 is 11.3 Å². The normalized spacial score (nSPS) is 13.2. The molecule has 1 N–H and O–H groups in total. The Labute approximate surface area is 142 Å². The van der Waals surface area contributed by atoms with Gasteiger partial charge in [0.2, 0.25) is 5.91 Å². The number of anilines is 1. The molecule has 0 saturated carbocycles. The SMILES string of the molecule is CCCCN(C)CC(=O)Nc1sc2c(c1C(=O)OCC)CCC2. The van der Waals surface area contributed by atoms with E-state index >= 15 is 0 Å². The monoisotopic (exact) mass is 338 g/mol. The molecule has 2 rings (SSSR count). The highest BCUT2D eigenvalue weighted by atomic mass is 32.1. The van der Waals surface area contributed by atoms with Crippen LogP contribution in [0.4, 0.5) is 5.00 Å². The third-order valence-corrected chi connectivity index (χ3v) is 5.17. The number of esters is 1. The van der Waals surface area contributed by atoms with Gasteiger partial charge in [0.15, 0.2) is 0 Å². The van der Waals surface area contributed by atoms with Crippen molar-refractivity contribution in [2.75, 3.05) is 32.1 Å². The number of ether oxygens (including phenoxy) is 1. The molecule has 0 fully saturated rings. The molecule has 0 bridgehead atoms. The van der Waals surface area contributed by atoms with Crippen LogP contribution < -0.4 is 5.32 Å². The maximum absolute atomic E-state index is 12.3. The minimum Gasteiger partial charge on any atom is -0.462 e. The molecule has 0 atom stereocenters. The lowest BCUT2D eigenvalue weighted by Gasteiger charge is -2.15. The highest BCUT2D eigenvalue weighted by Crippen LogP contribution is 2.39. The van der Waals surface area contributed by atoms with Gasteiger partial charge >= 0.3 is 5.97 Å². The van der Waals surface area contributed by atoms with Crippen LogP contribution in [0.15, 0.2) is 0 Å². The standard InChI is InChI=1S/C17H26N2O3S/c1-4-6-10-19(3)11-14(20)18-16-15(17(21)22-5-2)12-8-7-9-13(12)23-16/h4-11H2,1-3H3,(H,18,20). The lowest BCUT2D eigenvalue weighted by molar-refractivity contribution is -0.117. The highest BCUT2D eigenvalue weighted by molar-refractivity contribution is 7.17. The molecule has 6 heteroatoms. The Morgan fingerprint density at radius 1 is 1.30 bits per heavy atom. The van der Waals surface area contributed by atoms with Crippen LogP contribution in [0, 0.1) is 0 Å². The molecule has 1 heterocycles. The molecule has 0 aromatic carbocycles. The molecule has 0 spiro atoms. The van der Waals surface area contributed by atoms with Gasteiger partial charge in [0.25, 0.3) is 0 Å². The van der Waals surface area contributed by atoms with Crippen LogP contribution in [-0.4, -0.2) is 43.5 Å². The predicted molar refractivity (Wildman–Crippen MR) is 93.3 cm³/mol. The minimum absolute atomic E-state index is 0.0749. The number of carbonyl (C=O) groups excluding carboxylic acids is 2. The van der Waals surface area contributed by atoms with Crippen molar-refractivity contribution in [3.8, 4) is 0 Å². The van der Waals surface area contributed by atoms with Crippen LogP contribution in [0.25, 0.3) is 0 Å². The Balaban J connectivity index is 2.07. The molecule has 0 saturated heterocycles. The molecule has 1 amide bonds. The summed E-state index contributed by atoms with van der Waals surface area (Å²) >= 11 is 1.52. The zero-order valence-electron chi connectivity index (χ0n) is 14.2. The van der Waals surface area contributed by atoms with Crippen LogP contribution in [0.1, 0.15) is 53.9 Å². The number of thiophene rings is 1. The van der Waals surface area contributed by atoms with Crippen molar-refractivity contribution in [1.82, 2.24) is 4.90 Å². The molecule has 23 heavy (non-hydrogen) atoms. The molecule has 0 unspecified atom stereocenters. The van der Waals surface area contributed by atoms with Crippen LogP contribution in [-0.2, 0) is 22.4 Å². The third-order valence-electron chi connectivity index (χ3n) is 3.96. The van der Waals surface area contributed by atoms with Gasteiger partial charge < -0.3 is 10.1 Å². The maximum atomic E-state index is 12.3. The average molecular weight is 338 g/mol. The third kappa shape index (κ3) is 4.54. The lowest BCUT2D eigenvalue weighted by atomic mass is 10.1. The average Bonchev–Trinajstić information content (AvgIpc) is 3.05. The summed E-state index contributed by atoms with van der Waals surface area (Å²) < 4.78 is 5.17. The number of carbonyl (C=O) groups is 2. The van der Waals surface area contributed by atoms with Gasteiger partial charge in [0.05, 0.1) is 18.7 Å². The van der Waals surface area contributed by atoms with Crippen molar-refractivity contribution >= 4 is 28.2 Å². The summed E-state index contributed by atoms with van der Waals surface area (Å²) in [6.45, 7) is 5.51. The van der Waals surface area contributed by atoms with E-state index in [0.29, 0.717) is 23.7 Å². The fourth-order valence-corrected chi connectivity index (χ4v) is 4.12. The summed E-state index contributed by atoms with van der Waals surface area (Å²) in [5.74, 6) is -0.393. The fourth-order valence-electron chi connectivity index (χ4n) is 2.83. The van der Waals surface area contributed by atoms with E-state index in [1.165, 1.54) is 16.2 Å². The van der Waals surface area contributed by atoms with Gasteiger partial charge in [-0.25, -0.2) is 4.79 Å². The highest BCUT2D eigenvalue weighted by Gasteiger charge is 2.28. The van der Waals surface area contributed by atoms with Crippen molar-refractivity contribution in [3.05, 3.63) is 16.0 Å². The number of rotatable bonds is 8. The van der Waals surface area contributed by atoms with E-state index in [9.17, 15) is 9.59 Å². The van der Waals surface area contributed by atoms with E-state index in [0.717, 1.165) is 44.2 Å². The van der Waals surface area contributed by atoms with Gasteiger partial charge in [-0.15, -0.1) is 11.3 Å². The first-order chi connectivity index (χ1) is 11.1. The van der Waals surface area contributed by atoms with E-state index < -0.39 is 0 Å². The number of amides is 1. The molecule has 5 nitrogen and oxygen atoms in total. The summed E-state index contributed by atoms with van der Waals surface area (Å²) in [6.07, 6.45) is 5.13. The van der Waals surface area contributed by atoms with Gasteiger partial charge in [-0.3, -0.25) is 9.69 Å². The number of nitrogens with zero attached hydrogens (tertiary/aromatic N) is 1. The van der Waals surface area contributed by atoms with Gasteiger partial charge in [0, 0.05) is 4.88 Å². The molecule has 128 valence electrons. The number of hydrogen-bond acceptors (Lipinski definition) is 5. The number of likely N-dealkylation sites (N-methyl/N-ethyl adjacent to an activating group) is 1. The summed E-state index contributed by atoms with van der Waals surface area (Å²) in [4.78, 5) is 27.7. The second-order valence-corrected chi connectivity index (χ2v) is 7.03. The maximum Gasteiger partial charge on any atom is 0.341 e. The molecular formula is C17H26N2O3S. The zero-order chi connectivity index (χ0) is 16.8. The summed E-state index contributed by atoms with van der Waals surface area (Å²) in [7, 11) is 1.94. The summed E-state index contributed by atoms with van der Waals surface area (Å²) in [5, 5.41) is 3.58. The zero-order valence-corrected chi connectivity index (χ0v) is 15.1. The predicted octanol–water partition coefficient (Wildman–Crippen LogP) is 3.08. The van der Waals surface area contributed by atoms with E-state index in [-0.39, 0.29) is 11.9 Å². The number of nitrogens with one attached hydrogen (secondary N) is 1. The number of hydrogen-bond donors (Lipinski definition) is 1. The van der Waals surface area contributed by atoms with Gasteiger partial charge in [-0.2, -0.15) is 0 Å². The fraction of sp³-hybridized carbons (Fsp3) is 0.647. The summed E-state index contributed by atoms with van der Waals surface area (Å²) in [5.41, 5.74) is 1.65.